The Hall–Kier alpha value is -1.92. The van der Waals surface area contributed by atoms with Crippen LogP contribution in [0.25, 0.3) is 0 Å². The van der Waals surface area contributed by atoms with Gasteiger partial charge >= 0.3 is 0 Å². The van der Waals surface area contributed by atoms with Crippen LogP contribution < -0.4 is 5.32 Å². The molecule has 1 fully saturated rings. The molecule has 1 aromatic rings. The molecule has 0 saturated carbocycles. The van der Waals surface area contributed by atoms with Crippen LogP contribution in [0.2, 0.25) is 0 Å². The van der Waals surface area contributed by atoms with Crippen LogP contribution in [-0.4, -0.2) is 79.4 Å². The van der Waals surface area contributed by atoms with Gasteiger partial charge in [-0.3, -0.25) is 19.4 Å². The minimum Gasteiger partial charge on any atom is -0.339 e. The molecule has 0 radical (unpaired) electrons. The Morgan fingerprint density at radius 2 is 1.78 bits per heavy atom. The summed E-state index contributed by atoms with van der Waals surface area (Å²) in [5.41, 5.74) is 2.04. The summed E-state index contributed by atoms with van der Waals surface area (Å²) in [5.74, 6) is 0.218. The van der Waals surface area contributed by atoms with Gasteiger partial charge in [-0.05, 0) is 38.6 Å². The molecule has 6 nitrogen and oxygen atoms in total. The lowest BCUT2D eigenvalue weighted by atomic mass is 10.1. The highest BCUT2D eigenvalue weighted by Crippen LogP contribution is 2.16. The van der Waals surface area contributed by atoms with Crippen LogP contribution in [0.3, 0.4) is 0 Å². The molecule has 1 N–H and O–H groups in total. The van der Waals surface area contributed by atoms with Gasteiger partial charge < -0.3 is 10.2 Å². The zero-order chi connectivity index (χ0) is 19.8. The fourth-order valence-electron chi connectivity index (χ4n) is 3.56. The van der Waals surface area contributed by atoms with E-state index in [9.17, 15) is 9.59 Å². The van der Waals surface area contributed by atoms with Crippen molar-refractivity contribution in [2.45, 2.75) is 39.2 Å². The second kappa shape index (κ2) is 10.4. The molecule has 1 saturated heterocycles. The maximum atomic E-state index is 12.8. The van der Waals surface area contributed by atoms with Crippen LogP contribution >= 0.6 is 0 Å². The Morgan fingerprint density at radius 3 is 2.37 bits per heavy atom. The summed E-state index contributed by atoms with van der Waals surface area (Å²) in [7, 11) is 3.93. The average molecular weight is 375 g/mol. The van der Waals surface area contributed by atoms with Crippen molar-refractivity contribution in [2.75, 3.05) is 52.1 Å². The molecule has 0 bridgehead atoms. The van der Waals surface area contributed by atoms with E-state index in [2.05, 4.69) is 24.1 Å². The summed E-state index contributed by atoms with van der Waals surface area (Å²) in [5, 5.41) is 3.02. The van der Waals surface area contributed by atoms with Crippen molar-refractivity contribution in [3.63, 3.8) is 0 Å². The highest BCUT2D eigenvalue weighted by molar-refractivity contribution is 5.93. The molecule has 1 aliphatic rings. The minimum absolute atomic E-state index is 0.00725. The molecule has 1 aromatic carbocycles. The van der Waals surface area contributed by atoms with Crippen molar-refractivity contribution in [1.82, 2.24) is 14.7 Å². The third-order valence-electron chi connectivity index (χ3n) is 5.19. The molecule has 0 aliphatic carbocycles. The quantitative estimate of drug-likeness (QED) is 0.757. The first-order valence-electron chi connectivity index (χ1n) is 10.0. The second-order valence-electron chi connectivity index (χ2n) is 7.43. The third-order valence-corrected chi connectivity index (χ3v) is 5.19. The molecule has 2 amide bonds. The first-order valence-corrected chi connectivity index (χ1v) is 10.0. The van der Waals surface area contributed by atoms with Gasteiger partial charge in [0.05, 0.1) is 12.6 Å². The normalized spacial score (nSPS) is 16.4. The maximum Gasteiger partial charge on any atom is 0.239 e. The second-order valence-corrected chi connectivity index (χ2v) is 7.43. The van der Waals surface area contributed by atoms with Gasteiger partial charge in [0.15, 0.2) is 0 Å². The van der Waals surface area contributed by atoms with Crippen molar-refractivity contribution in [3.8, 4) is 0 Å². The summed E-state index contributed by atoms with van der Waals surface area (Å²) in [6, 6.07) is 7.87. The van der Waals surface area contributed by atoms with E-state index in [-0.39, 0.29) is 17.9 Å². The summed E-state index contributed by atoms with van der Waals surface area (Å²) in [6.45, 7) is 7.41. The first kappa shape index (κ1) is 21.4. The van der Waals surface area contributed by atoms with Crippen molar-refractivity contribution in [2.24, 2.45) is 0 Å². The monoisotopic (exact) mass is 374 g/mol. The lowest BCUT2D eigenvalue weighted by molar-refractivity contribution is -0.138. The van der Waals surface area contributed by atoms with E-state index >= 15 is 0 Å². The minimum atomic E-state index is -0.0459. The van der Waals surface area contributed by atoms with Gasteiger partial charge in [0.1, 0.15) is 0 Å². The van der Waals surface area contributed by atoms with Gasteiger partial charge in [0, 0.05) is 31.9 Å². The number of nitrogens with one attached hydrogen (secondary N) is 1. The molecule has 1 heterocycles. The molecule has 6 heteroatoms. The Balaban J connectivity index is 1.83. The number of anilines is 1. The van der Waals surface area contributed by atoms with Crippen molar-refractivity contribution >= 4 is 17.5 Å². The van der Waals surface area contributed by atoms with Gasteiger partial charge in [0.25, 0.3) is 0 Å². The number of hydrogen-bond acceptors (Lipinski definition) is 4. The van der Waals surface area contributed by atoms with E-state index in [4.69, 9.17) is 0 Å². The summed E-state index contributed by atoms with van der Waals surface area (Å²) >= 11 is 0. The van der Waals surface area contributed by atoms with Crippen molar-refractivity contribution in [1.29, 1.82) is 0 Å². The van der Waals surface area contributed by atoms with Gasteiger partial charge in [0.2, 0.25) is 11.8 Å². The van der Waals surface area contributed by atoms with Gasteiger partial charge in [-0.25, -0.2) is 0 Å². The number of carbonyl (C=O) groups excluding carboxylic acids is 2. The number of benzene rings is 1. The predicted octanol–water partition coefficient (Wildman–Crippen LogP) is 2.06. The Labute approximate surface area is 163 Å². The van der Waals surface area contributed by atoms with Crippen molar-refractivity contribution in [3.05, 3.63) is 29.8 Å². The van der Waals surface area contributed by atoms with Crippen LogP contribution in [0.1, 0.15) is 32.3 Å². The number of aryl methyl sites for hydroxylation is 1. The molecule has 0 spiro atoms. The third kappa shape index (κ3) is 6.04. The first-order chi connectivity index (χ1) is 13.0. The zero-order valence-corrected chi connectivity index (χ0v) is 17.2. The Morgan fingerprint density at radius 1 is 1.11 bits per heavy atom. The molecular formula is C21H34N4O2. The Kier molecular flexibility index (Phi) is 8.25. The molecular weight excluding hydrogens is 340 g/mol. The standard InChI is InChI=1S/C21H34N4O2/c1-5-9-19(23(3)4)21(27)25-14-12-24(13-15-25)16-20(26)22-18-11-8-7-10-17(18)6-2/h7-8,10-11,19H,5-6,9,12-16H2,1-4H3,(H,22,26). The molecule has 1 atom stereocenters. The SMILES string of the molecule is CCCC(C(=O)N1CCN(CC(=O)Nc2ccccc2CC)CC1)N(C)C. The molecule has 27 heavy (non-hydrogen) atoms. The van der Waals surface area contributed by atoms with E-state index in [1.54, 1.807) is 0 Å². The number of nitrogens with zero attached hydrogens (tertiary/aromatic N) is 3. The Bertz CT molecular complexity index is 624. The lowest BCUT2D eigenvalue weighted by Gasteiger charge is -2.37. The molecule has 150 valence electrons. The van der Waals surface area contributed by atoms with E-state index < -0.39 is 0 Å². The van der Waals surface area contributed by atoms with Crippen LogP contribution in [0.4, 0.5) is 5.69 Å². The fourth-order valence-corrected chi connectivity index (χ4v) is 3.56. The molecule has 1 unspecified atom stereocenters. The molecule has 1 aliphatic heterocycles. The topological polar surface area (TPSA) is 55.9 Å². The highest BCUT2D eigenvalue weighted by Gasteiger charge is 2.28. The largest absolute Gasteiger partial charge is 0.339 e. The highest BCUT2D eigenvalue weighted by atomic mass is 16.2. The van der Waals surface area contributed by atoms with Crippen LogP contribution in [-0.2, 0) is 16.0 Å². The number of likely N-dealkylation sites (N-methyl/N-ethyl adjacent to an activating group) is 1. The van der Waals surface area contributed by atoms with Gasteiger partial charge in [-0.1, -0.05) is 38.5 Å². The number of hydrogen-bond donors (Lipinski definition) is 1. The van der Waals surface area contributed by atoms with Crippen molar-refractivity contribution < 1.29 is 9.59 Å². The smallest absolute Gasteiger partial charge is 0.239 e. The average Bonchev–Trinajstić information content (AvgIpc) is 2.66. The van der Waals surface area contributed by atoms with Crippen LogP contribution in [0.15, 0.2) is 24.3 Å². The number of carbonyl (C=O) groups is 2. The summed E-state index contributed by atoms with van der Waals surface area (Å²) in [4.78, 5) is 31.2. The summed E-state index contributed by atoms with van der Waals surface area (Å²) < 4.78 is 0. The zero-order valence-electron chi connectivity index (χ0n) is 17.2. The fraction of sp³-hybridized carbons (Fsp3) is 0.619. The predicted molar refractivity (Wildman–Crippen MR) is 110 cm³/mol. The summed E-state index contributed by atoms with van der Waals surface area (Å²) in [6.07, 6.45) is 2.77. The van der Waals surface area contributed by atoms with Crippen LogP contribution in [0.5, 0.6) is 0 Å². The number of amides is 2. The number of piperazine rings is 1. The van der Waals surface area contributed by atoms with E-state index in [1.165, 1.54) is 0 Å². The molecule has 0 aromatic heterocycles. The van der Waals surface area contributed by atoms with E-state index in [1.807, 2.05) is 48.2 Å². The lowest BCUT2D eigenvalue weighted by Crippen LogP contribution is -2.54. The van der Waals surface area contributed by atoms with Gasteiger partial charge in [-0.2, -0.15) is 0 Å². The maximum absolute atomic E-state index is 12.8. The van der Waals surface area contributed by atoms with E-state index in [0.29, 0.717) is 19.6 Å². The molecule has 2 rings (SSSR count). The van der Waals surface area contributed by atoms with Crippen LogP contribution in [0, 0.1) is 0 Å². The van der Waals surface area contributed by atoms with E-state index in [0.717, 1.165) is 43.6 Å². The number of para-hydroxylation sites is 1. The van der Waals surface area contributed by atoms with Gasteiger partial charge in [-0.15, -0.1) is 0 Å². The number of rotatable bonds is 8.